The molecule has 1 aliphatic heterocycles. The molecule has 0 bridgehead atoms. The van der Waals surface area contributed by atoms with E-state index in [1.54, 1.807) is 0 Å². The van der Waals surface area contributed by atoms with Crippen LogP contribution in [0, 0.1) is 22.7 Å². The van der Waals surface area contributed by atoms with E-state index in [0.717, 1.165) is 12.5 Å². The highest BCUT2D eigenvalue weighted by Crippen LogP contribution is 2.32. The predicted molar refractivity (Wildman–Crippen MR) is 96.1 cm³/mol. The van der Waals surface area contributed by atoms with Crippen molar-refractivity contribution in [3.8, 4) is 6.07 Å². The van der Waals surface area contributed by atoms with Crippen LogP contribution in [0.1, 0.15) is 66.2 Å². The van der Waals surface area contributed by atoms with Crippen molar-refractivity contribution in [2.75, 3.05) is 13.1 Å². The van der Waals surface area contributed by atoms with Crippen LogP contribution in [-0.2, 0) is 4.79 Å². The number of nitrogens with one attached hydrogen (secondary N) is 1. The lowest BCUT2D eigenvalue weighted by molar-refractivity contribution is -0.124. The van der Waals surface area contributed by atoms with Gasteiger partial charge in [-0.25, -0.2) is 0 Å². The molecule has 1 aliphatic carbocycles. The molecule has 1 amide bonds. The van der Waals surface area contributed by atoms with E-state index in [1.807, 2.05) is 0 Å². The molecule has 1 saturated carbocycles. The third-order valence-electron chi connectivity index (χ3n) is 5.55. The molecule has 2 unspecified atom stereocenters. The summed E-state index contributed by atoms with van der Waals surface area (Å²) in [6.45, 7) is 10.1. The number of rotatable bonds is 4. The van der Waals surface area contributed by atoms with Crippen LogP contribution in [0.25, 0.3) is 0 Å². The van der Waals surface area contributed by atoms with E-state index in [2.05, 4.69) is 44.0 Å². The van der Waals surface area contributed by atoms with E-state index in [1.165, 1.54) is 25.7 Å². The molecule has 3 N–H and O–H groups in total. The number of carbonyl (C=O) groups is 1. The van der Waals surface area contributed by atoms with Crippen molar-refractivity contribution in [3.63, 3.8) is 0 Å². The van der Waals surface area contributed by atoms with Crippen LogP contribution in [0.2, 0.25) is 0 Å². The van der Waals surface area contributed by atoms with Gasteiger partial charge in [-0.05, 0) is 49.9 Å². The maximum absolute atomic E-state index is 12.5. The molecule has 2 rings (SSSR count). The first kappa shape index (κ1) is 19.2. The van der Waals surface area contributed by atoms with Gasteiger partial charge >= 0.3 is 0 Å². The smallest absolute Gasteiger partial charge is 0.238 e. The highest BCUT2D eigenvalue weighted by atomic mass is 16.2. The maximum atomic E-state index is 12.5. The Labute approximate surface area is 147 Å². The molecule has 5 nitrogen and oxygen atoms in total. The number of hydrogen-bond acceptors (Lipinski definition) is 4. The van der Waals surface area contributed by atoms with Gasteiger partial charge in [0.2, 0.25) is 5.91 Å². The zero-order valence-electron chi connectivity index (χ0n) is 15.8. The molecule has 0 aromatic heterocycles. The van der Waals surface area contributed by atoms with Crippen molar-refractivity contribution in [2.24, 2.45) is 17.1 Å². The van der Waals surface area contributed by atoms with Gasteiger partial charge in [-0.3, -0.25) is 9.69 Å². The zero-order valence-corrected chi connectivity index (χ0v) is 15.8. The van der Waals surface area contributed by atoms with Crippen molar-refractivity contribution >= 4 is 5.91 Å². The van der Waals surface area contributed by atoms with Crippen LogP contribution in [0.4, 0.5) is 0 Å². The van der Waals surface area contributed by atoms with E-state index in [4.69, 9.17) is 5.73 Å². The van der Waals surface area contributed by atoms with Gasteiger partial charge in [-0.2, -0.15) is 5.26 Å². The summed E-state index contributed by atoms with van der Waals surface area (Å²) in [4.78, 5) is 14.9. The monoisotopic (exact) mass is 334 g/mol. The van der Waals surface area contributed by atoms with E-state index < -0.39 is 11.6 Å². The zero-order chi connectivity index (χ0) is 18.0. The first-order valence-corrected chi connectivity index (χ1v) is 9.37. The van der Waals surface area contributed by atoms with Crippen LogP contribution in [0.5, 0.6) is 0 Å². The topological polar surface area (TPSA) is 82.2 Å². The molecular formula is C19H34N4O. The summed E-state index contributed by atoms with van der Waals surface area (Å²) < 4.78 is 0. The number of nitrogens with two attached hydrogens (primary N) is 1. The Morgan fingerprint density at radius 2 is 2.00 bits per heavy atom. The lowest BCUT2D eigenvalue weighted by Crippen LogP contribution is -2.55. The third kappa shape index (κ3) is 4.94. The number of likely N-dealkylation sites (tertiary alicyclic amines) is 1. The molecule has 2 aliphatic rings. The van der Waals surface area contributed by atoms with Crippen LogP contribution in [-0.4, -0.2) is 41.5 Å². The SMILES string of the molecule is CC1CCC(N2CCC(C#N)(NC(=O)C(N)CC(C)(C)C)C2)CC1. The standard InChI is InChI=1S/C19H34N4O/c1-14-5-7-15(8-6-14)23-10-9-19(12-20,13-23)22-17(24)16(21)11-18(2,3)4/h14-16H,5-11,13,21H2,1-4H3,(H,22,24). The molecule has 1 saturated heterocycles. The number of nitrogens with zero attached hydrogens (tertiary/aromatic N) is 2. The van der Waals surface area contributed by atoms with Crippen molar-refractivity contribution in [3.05, 3.63) is 0 Å². The number of nitriles is 1. The summed E-state index contributed by atoms with van der Waals surface area (Å²) in [5.41, 5.74) is 5.28. The van der Waals surface area contributed by atoms with Gasteiger partial charge in [0.15, 0.2) is 0 Å². The Morgan fingerprint density at radius 1 is 1.38 bits per heavy atom. The summed E-state index contributed by atoms with van der Waals surface area (Å²) >= 11 is 0. The number of carbonyl (C=O) groups excluding carboxylic acids is 1. The average molecular weight is 335 g/mol. The van der Waals surface area contributed by atoms with Gasteiger partial charge in [-0.1, -0.05) is 27.7 Å². The van der Waals surface area contributed by atoms with Gasteiger partial charge in [0.25, 0.3) is 0 Å². The fourth-order valence-electron chi connectivity index (χ4n) is 4.06. The summed E-state index contributed by atoms with van der Waals surface area (Å²) in [7, 11) is 0. The van der Waals surface area contributed by atoms with Crippen LogP contribution >= 0.6 is 0 Å². The highest BCUT2D eigenvalue weighted by Gasteiger charge is 2.43. The van der Waals surface area contributed by atoms with Crippen LogP contribution in [0.15, 0.2) is 0 Å². The first-order chi connectivity index (χ1) is 11.1. The normalized spacial score (nSPS) is 33.0. The highest BCUT2D eigenvalue weighted by molar-refractivity contribution is 5.82. The van der Waals surface area contributed by atoms with E-state index in [0.29, 0.717) is 25.4 Å². The van der Waals surface area contributed by atoms with E-state index in [9.17, 15) is 10.1 Å². The number of amides is 1. The van der Waals surface area contributed by atoms with Gasteiger partial charge in [-0.15, -0.1) is 0 Å². The van der Waals surface area contributed by atoms with E-state index in [-0.39, 0.29) is 11.3 Å². The van der Waals surface area contributed by atoms with Gasteiger partial charge < -0.3 is 11.1 Å². The number of hydrogen-bond donors (Lipinski definition) is 2. The fraction of sp³-hybridized carbons (Fsp3) is 0.895. The second-order valence-corrected chi connectivity index (χ2v) is 9.19. The molecule has 0 aromatic rings. The van der Waals surface area contributed by atoms with Crippen molar-refractivity contribution < 1.29 is 4.79 Å². The third-order valence-corrected chi connectivity index (χ3v) is 5.55. The lowest BCUT2D eigenvalue weighted by atomic mass is 9.86. The molecule has 5 heteroatoms. The lowest BCUT2D eigenvalue weighted by Gasteiger charge is -2.34. The summed E-state index contributed by atoms with van der Waals surface area (Å²) in [6.07, 6.45) is 6.27. The Hall–Kier alpha value is -1.12. The average Bonchev–Trinajstić information content (AvgIpc) is 2.91. The maximum Gasteiger partial charge on any atom is 0.238 e. The van der Waals surface area contributed by atoms with Crippen molar-refractivity contribution in [2.45, 2.75) is 83.8 Å². The molecule has 0 radical (unpaired) electrons. The van der Waals surface area contributed by atoms with Gasteiger partial charge in [0.1, 0.15) is 5.54 Å². The molecule has 1 heterocycles. The quantitative estimate of drug-likeness (QED) is 0.827. The van der Waals surface area contributed by atoms with Crippen molar-refractivity contribution in [1.29, 1.82) is 5.26 Å². The second kappa shape index (κ2) is 7.41. The molecule has 2 atom stereocenters. The van der Waals surface area contributed by atoms with Gasteiger partial charge in [0.05, 0.1) is 12.1 Å². The minimum atomic E-state index is -0.768. The van der Waals surface area contributed by atoms with Crippen molar-refractivity contribution in [1.82, 2.24) is 10.2 Å². The Balaban J connectivity index is 1.93. The largest absolute Gasteiger partial charge is 0.335 e. The Kier molecular flexibility index (Phi) is 5.93. The molecule has 2 fully saturated rings. The fourth-order valence-corrected chi connectivity index (χ4v) is 4.06. The summed E-state index contributed by atoms with van der Waals surface area (Å²) in [5.74, 6) is 0.630. The molecule has 24 heavy (non-hydrogen) atoms. The minimum Gasteiger partial charge on any atom is -0.335 e. The van der Waals surface area contributed by atoms with E-state index >= 15 is 0 Å². The van der Waals surface area contributed by atoms with Crippen LogP contribution < -0.4 is 11.1 Å². The molecule has 0 aromatic carbocycles. The first-order valence-electron chi connectivity index (χ1n) is 9.37. The summed E-state index contributed by atoms with van der Waals surface area (Å²) in [5, 5.41) is 12.7. The molecule has 0 spiro atoms. The Bertz CT molecular complexity index is 485. The van der Waals surface area contributed by atoms with Crippen LogP contribution in [0.3, 0.4) is 0 Å². The Morgan fingerprint density at radius 3 is 2.54 bits per heavy atom. The summed E-state index contributed by atoms with van der Waals surface area (Å²) in [6, 6.07) is 2.39. The predicted octanol–water partition coefficient (Wildman–Crippen LogP) is 2.41. The molecule has 136 valence electrons. The minimum absolute atomic E-state index is 0.00291. The second-order valence-electron chi connectivity index (χ2n) is 9.19. The molecular weight excluding hydrogens is 300 g/mol. The van der Waals surface area contributed by atoms with Gasteiger partial charge in [0, 0.05) is 19.1 Å².